The smallest absolute Gasteiger partial charge is 0.292 e. The first kappa shape index (κ1) is 12.9. The number of H-pyrrole nitrogens is 1. The molecule has 0 radical (unpaired) electrons. The van der Waals surface area contributed by atoms with Crippen LogP contribution in [0, 0.1) is 0 Å². The third kappa shape index (κ3) is 3.49. The zero-order valence-corrected chi connectivity index (χ0v) is 10.7. The predicted octanol–water partition coefficient (Wildman–Crippen LogP) is 0.194. The van der Waals surface area contributed by atoms with E-state index in [9.17, 15) is 4.79 Å². The summed E-state index contributed by atoms with van der Waals surface area (Å²) < 4.78 is 0. The van der Waals surface area contributed by atoms with Crippen LogP contribution < -0.4 is 5.32 Å². The minimum Gasteiger partial charge on any atom is -0.349 e. The SMILES string of the molecule is CC1CCCCN1CCCNC(=O)c1nn[nH]n1. The van der Waals surface area contributed by atoms with Gasteiger partial charge in [-0.15, -0.1) is 10.2 Å². The van der Waals surface area contributed by atoms with Gasteiger partial charge in [-0.25, -0.2) is 0 Å². The molecule has 1 amide bonds. The number of nitrogens with zero attached hydrogens (tertiary/aromatic N) is 4. The summed E-state index contributed by atoms with van der Waals surface area (Å²) in [5, 5.41) is 15.7. The van der Waals surface area contributed by atoms with Crippen LogP contribution in [0.15, 0.2) is 0 Å². The monoisotopic (exact) mass is 252 g/mol. The zero-order chi connectivity index (χ0) is 12.8. The highest BCUT2D eigenvalue weighted by molar-refractivity contribution is 5.89. The molecule has 1 aromatic heterocycles. The van der Waals surface area contributed by atoms with Crippen LogP contribution in [0.5, 0.6) is 0 Å². The molecular formula is C11H20N6O. The van der Waals surface area contributed by atoms with E-state index in [4.69, 9.17) is 0 Å². The second kappa shape index (κ2) is 6.44. The summed E-state index contributed by atoms with van der Waals surface area (Å²) in [5.74, 6) is -0.170. The van der Waals surface area contributed by atoms with Gasteiger partial charge in [0.05, 0.1) is 0 Å². The van der Waals surface area contributed by atoms with Crippen molar-refractivity contribution in [3.8, 4) is 0 Å². The number of aromatic amines is 1. The molecule has 1 aromatic rings. The highest BCUT2D eigenvalue weighted by Crippen LogP contribution is 2.15. The van der Waals surface area contributed by atoms with Gasteiger partial charge in [-0.3, -0.25) is 4.79 Å². The fourth-order valence-corrected chi connectivity index (χ4v) is 2.31. The third-order valence-corrected chi connectivity index (χ3v) is 3.40. The van der Waals surface area contributed by atoms with E-state index >= 15 is 0 Å². The molecule has 7 heteroatoms. The van der Waals surface area contributed by atoms with Crippen LogP contribution in [0.2, 0.25) is 0 Å². The number of piperidine rings is 1. The Hall–Kier alpha value is -1.50. The van der Waals surface area contributed by atoms with Crippen molar-refractivity contribution in [2.24, 2.45) is 0 Å². The molecule has 2 N–H and O–H groups in total. The molecule has 7 nitrogen and oxygen atoms in total. The number of hydrogen-bond donors (Lipinski definition) is 2. The lowest BCUT2D eigenvalue weighted by Crippen LogP contribution is -2.39. The van der Waals surface area contributed by atoms with Gasteiger partial charge >= 0.3 is 0 Å². The standard InChI is InChI=1S/C11H20N6O/c1-9-5-2-3-7-17(9)8-4-6-12-11(18)10-13-15-16-14-10/h9H,2-8H2,1H3,(H,12,18)(H,13,14,15,16). The van der Waals surface area contributed by atoms with Gasteiger partial charge in [-0.1, -0.05) is 6.42 Å². The van der Waals surface area contributed by atoms with Crippen molar-refractivity contribution >= 4 is 5.91 Å². The lowest BCUT2D eigenvalue weighted by atomic mass is 10.0. The van der Waals surface area contributed by atoms with Gasteiger partial charge < -0.3 is 10.2 Å². The maximum absolute atomic E-state index is 11.5. The van der Waals surface area contributed by atoms with E-state index in [1.165, 1.54) is 25.8 Å². The summed E-state index contributed by atoms with van der Waals surface area (Å²) in [6.07, 6.45) is 4.87. The fourth-order valence-electron chi connectivity index (χ4n) is 2.31. The Morgan fingerprint density at radius 1 is 1.56 bits per heavy atom. The molecule has 0 bridgehead atoms. The zero-order valence-electron chi connectivity index (χ0n) is 10.7. The lowest BCUT2D eigenvalue weighted by Gasteiger charge is -2.33. The number of nitrogens with one attached hydrogen (secondary N) is 2. The number of amides is 1. The van der Waals surface area contributed by atoms with E-state index in [1.54, 1.807) is 0 Å². The average Bonchev–Trinajstić information content (AvgIpc) is 2.90. The Kier molecular flexibility index (Phi) is 4.63. The molecule has 18 heavy (non-hydrogen) atoms. The maximum atomic E-state index is 11.5. The minimum absolute atomic E-state index is 0.0985. The first-order valence-corrected chi connectivity index (χ1v) is 6.53. The number of rotatable bonds is 5. The van der Waals surface area contributed by atoms with Gasteiger partial charge in [0.1, 0.15) is 0 Å². The van der Waals surface area contributed by atoms with E-state index < -0.39 is 0 Å². The summed E-state index contributed by atoms with van der Waals surface area (Å²) in [6, 6.07) is 0.673. The van der Waals surface area contributed by atoms with Crippen LogP contribution in [0.1, 0.15) is 43.2 Å². The predicted molar refractivity (Wildman–Crippen MR) is 66.0 cm³/mol. The molecule has 1 unspecified atom stereocenters. The summed E-state index contributed by atoms with van der Waals surface area (Å²) in [4.78, 5) is 14.0. The van der Waals surface area contributed by atoms with E-state index in [-0.39, 0.29) is 11.7 Å². The Morgan fingerprint density at radius 3 is 3.17 bits per heavy atom. The molecule has 1 fully saturated rings. The van der Waals surface area contributed by atoms with Crippen LogP contribution in [0.25, 0.3) is 0 Å². The first-order valence-electron chi connectivity index (χ1n) is 6.53. The quantitative estimate of drug-likeness (QED) is 0.731. The van der Waals surface area contributed by atoms with Crippen molar-refractivity contribution in [1.29, 1.82) is 0 Å². The second-order valence-electron chi connectivity index (χ2n) is 4.73. The first-order chi connectivity index (χ1) is 8.77. The van der Waals surface area contributed by atoms with Crippen LogP contribution in [-0.4, -0.2) is 57.1 Å². The third-order valence-electron chi connectivity index (χ3n) is 3.40. The normalized spacial score (nSPS) is 20.8. The maximum Gasteiger partial charge on any atom is 0.292 e. The van der Waals surface area contributed by atoms with Gasteiger partial charge in [0, 0.05) is 19.1 Å². The number of hydrogen-bond acceptors (Lipinski definition) is 5. The van der Waals surface area contributed by atoms with Crippen molar-refractivity contribution in [3.63, 3.8) is 0 Å². The topological polar surface area (TPSA) is 86.8 Å². The fraction of sp³-hybridized carbons (Fsp3) is 0.818. The van der Waals surface area contributed by atoms with Crippen LogP contribution >= 0.6 is 0 Å². The van der Waals surface area contributed by atoms with Crippen molar-refractivity contribution in [1.82, 2.24) is 30.8 Å². The molecule has 0 spiro atoms. The van der Waals surface area contributed by atoms with Gasteiger partial charge in [-0.2, -0.15) is 5.21 Å². The number of carbonyl (C=O) groups is 1. The molecule has 0 aliphatic carbocycles. The van der Waals surface area contributed by atoms with Crippen LogP contribution in [0.3, 0.4) is 0 Å². The van der Waals surface area contributed by atoms with Crippen molar-refractivity contribution in [2.45, 2.75) is 38.6 Å². The molecule has 1 saturated heterocycles. The number of tetrazole rings is 1. The van der Waals surface area contributed by atoms with Crippen LogP contribution in [-0.2, 0) is 0 Å². The molecule has 1 aliphatic rings. The summed E-state index contributed by atoms with van der Waals surface area (Å²) in [6.45, 7) is 5.14. The summed E-state index contributed by atoms with van der Waals surface area (Å²) >= 11 is 0. The Labute approximate surface area is 106 Å². The highest BCUT2D eigenvalue weighted by atomic mass is 16.2. The minimum atomic E-state index is -0.268. The molecule has 2 rings (SSSR count). The molecule has 1 aliphatic heterocycles. The van der Waals surface area contributed by atoms with Gasteiger partial charge in [0.2, 0.25) is 0 Å². The van der Waals surface area contributed by atoms with Gasteiger partial charge in [0.15, 0.2) is 0 Å². The molecular weight excluding hydrogens is 232 g/mol. The number of likely N-dealkylation sites (tertiary alicyclic amines) is 1. The number of aromatic nitrogens is 4. The molecule has 0 saturated carbocycles. The molecule has 2 heterocycles. The Bertz CT molecular complexity index is 366. The van der Waals surface area contributed by atoms with Crippen molar-refractivity contribution < 1.29 is 4.79 Å². The summed E-state index contributed by atoms with van der Waals surface area (Å²) in [5.41, 5.74) is 0. The van der Waals surface area contributed by atoms with E-state index in [0.29, 0.717) is 12.6 Å². The van der Waals surface area contributed by atoms with E-state index in [0.717, 1.165) is 13.0 Å². The van der Waals surface area contributed by atoms with Gasteiger partial charge in [0.25, 0.3) is 11.7 Å². The van der Waals surface area contributed by atoms with Crippen molar-refractivity contribution in [3.05, 3.63) is 5.82 Å². The Balaban J connectivity index is 1.62. The average molecular weight is 252 g/mol. The second-order valence-corrected chi connectivity index (χ2v) is 4.73. The number of carbonyl (C=O) groups excluding carboxylic acids is 1. The molecule has 0 aromatic carbocycles. The van der Waals surface area contributed by atoms with Crippen LogP contribution in [0.4, 0.5) is 0 Å². The molecule has 100 valence electrons. The lowest BCUT2D eigenvalue weighted by molar-refractivity contribution is 0.0938. The largest absolute Gasteiger partial charge is 0.349 e. The van der Waals surface area contributed by atoms with E-state index in [1.807, 2.05) is 0 Å². The van der Waals surface area contributed by atoms with E-state index in [2.05, 4.69) is 37.8 Å². The van der Waals surface area contributed by atoms with Crippen molar-refractivity contribution in [2.75, 3.05) is 19.6 Å². The Morgan fingerprint density at radius 2 is 2.44 bits per heavy atom. The highest BCUT2D eigenvalue weighted by Gasteiger charge is 2.17. The molecule has 1 atom stereocenters. The van der Waals surface area contributed by atoms with Gasteiger partial charge in [-0.05, 0) is 37.9 Å². The summed E-state index contributed by atoms with van der Waals surface area (Å²) in [7, 11) is 0.